The van der Waals surface area contributed by atoms with Crippen LogP contribution in [0.25, 0.3) is 0 Å². The summed E-state index contributed by atoms with van der Waals surface area (Å²) in [6.07, 6.45) is 0. The third-order valence-corrected chi connectivity index (χ3v) is 5.10. The Labute approximate surface area is 159 Å². The Morgan fingerprint density at radius 2 is 1.93 bits per heavy atom. The van der Waals surface area contributed by atoms with Crippen LogP contribution in [0.1, 0.15) is 42.7 Å². The Balaban J connectivity index is 1.77. The van der Waals surface area contributed by atoms with Crippen LogP contribution in [0.2, 0.25) is 0 Å². The van der Waals surface area contributed by atoms with Crippen LogP contribution in [0.5, 0.6) is 5.75 Å². The van der Waals surface area contributed by atoms with Gasteiger partial charge in [-0.15, -0.1) is 0 Å². The molecule has 1 amide bonds. The van der Waals surface area contributed by atoms with E-state index in [1.807, 2.05) is 51.1 Å². The Hall–Kier alpha value is -2.76. The van der Waals surface area contributed by atoms with Crippen molar-refractivity contribution in [2.75, 3.05) is 31.6 Å². The number of rotatable bonds is 4. The lowest BCUT2D eigenvalue weighted by molar-refractivity contribution is 0.0672. The molecular formula is C21H27N3O3. The molecule has 1 fully saturated rings. The number of aromatic nitrogens is 1. The number of nitrogens with one attached hydrogen (secondary N) is 1. The predicted octanol–water partition coefficient (Wildman–Crippen LogP) is 2.86. The quantitative estimate of drug-likeness (QED) is 0.900. The molecule has 2 aromatic rings. The van der Waals surface area contributed by atoms with Gasteiger partial charge in [0, 0.05) is 31.4 Å². The highest BCUT2D eigenvalue weighted by atomic mass is 16.5. The fourth-order valence-corrected chi connectivity index (χ4v) is 3.52. The molecule has 1 saturated heterocycles. The van der Waals surface area contributed by atoms with Gasteiger partial charge in [-0.25, -0.2) is 0 Å². The number of anilines is 1. The number of para-hydroxylation sites is 2. The zero-order valence-electron chi connectivity index (χ0n) is 16.4. The number of benzene rings is 1. The molecule has 6 heteroatoms. The second-order valence-corrected chi connectivity index (χ2v) is 7.28. The number of hydrogen-bond acceptors (Lipinski definition) is 4. The van der Waals surface area contributed by atoms with Crippen molar-refractivity contribution in [1.82, 2.24) is 9.88 Å². The van der Waals surface area contributed by atoms with Crippen LogP contribution in [0.15, 0.2) is 41.2 Å². The number of carbonyl (C=O) groups is 1. The lowest BCUT2D eigenvalue weighted by atomic mass is 10.1. The monoisotopic (exact) mass is 369 g/mol. The molecule has 1 aliphatic heterocycles. The largest absolute Gasteiger partial charge is 0.495 e. The maximum atomic E-state index is 12.9. The minimum Gasteiger partial charge on any atom is -0.495 e. The van der Waals surface area contributed by atoms with Crippen LogP contribution in [-0.4, -0.2) is 48.6 Å². The van der Waals surface area contributed by atoms with Gasteiger partial charge in [0.1, 0.15) is 11.3 Å². The smallest absolute Gasteiger partial charge is 0.261 e. The Morgan fingerprint density at radius 3 is 2.56 bits per heavy atom. The first-order valence-corrected chi connectivity index (χ1v) is 9.34. The fourth-order valence-electron chi connectivity index (χ4n) is 3.52. The van der Waals surface area contributed by atoms with Crippen molar-refractivity contribution < 1.29 is 9.53 Å². The molecule has 0 unspecified atom stereocenters. The zero-order valence-corrected chi connectivity index (χ0v) is 16.4. The average Bonchev–Trinajstić information content (AvgIpc) is 2.67. The van der Waals surface area contributed by atoms with E-state index in [-0.39, 0.29) is 29.0 Å². The molecule has 0 saturated carbocycles. The zero-order chi connectivity index (χ0) is 19.6. The van der Waals surface area contributed by atoms with Gasteiger partial charge in [0.15, 0.2) is 0 Å². The number of aromatic amines is 1. The molecule has 0 aliphatic carbocycles. The van der Waals surface area contributed by atoms with Crippen LogP contribution in [0.4, 0.5) is 5.69 Å². The number of hydrogen-bond donors (Lipinski definition) is 1. The Kier molecular flexibility index (Phi) is 5.54. The molecule has 1 atom stereocenters. The van der Waals surface area contributed by atoms with Crippen LogP contribution in [0.3, 0.4) is 0 Å². The fraction of sp³-hybridized carbons (Fsp3) is 0.429. The van der Waals surface area contributed by atoms with Gasteiger partial charge in [0.05, 0.1) is 12.8 Å². The topological polar surface area (TPSA) is 65.6 Å². The molecule has 6 nitrogen and oxygen atoms in total. The number of ether oxygens (including phenoxy) is 1. The average molecular weight is 369 g/mol. The first kappa shape index (κ1) is 19.0. The van der Waals surface area contributed by atoms with E-state index >= 15 is 0 Å². The van der Waals surface area contributed by atoms with Crippen LogP contribution in [-0.2, 0) is 0 Å². The van der Waals surface area contributed by atoms with Crippen molar-refractivity contribution in [3.05, 3.63) is 58.0 Å². The molecule has 3 rings (SSSR count). The summed E-state index contributed by atoms with van der Waals surface area (Å²) in [5.74, 6) is 0.828. The summed E-state index contributed by atoms with van der Waals surface area (Å²) in [5, 5.41) is 0. The van der Waals surface area contributed by atoms with Gasteiger partial charge in [-0.1, -0.05) is 26.0 Å². The van der Waals surface area contributed by atoms with E-state index in [4.69, 9.17) is 4.74 Å². The minimum absolute atomic E-state index is 0.0136. The number of nitrogens with zero attached hydrogens (tertiary/aromatic N) is 2. The maximum absolute atomic E-state index is 12.9. The number of piperazine rings is 1. The van der Waals surface area contributed by atoms with Gasteiger partial charge in [0.25, 0.3) is 11.5 Å². The highest BCUT2D eigenvalue weighted by Crippen LogP contribution is 2.29. The predicted molar refractivity (Wildman–Crippen MR) is 107 cm³/mol. The normalized spacial score (nSPS) is 17.3. The second kappa shape index (κ2) is 7.86. The molecule has 0 spiro atoms. The molecule has 2 heterocycles. The summed E-state index contributed by atoms with van der Waals surface area (Å²) < 4.78 is 5.46. The molecule has 1 aliphatic rings. The number of amides is 1. The Bertz CT molecular complexity index is 875. The van der Waals surface area contributed by atoms with E-state index in [2.05, 4.69) is 9.88 Å². The number of methoxy groups -OCH3 is 1. The number of carbonyl (C=O) groups excluding carboxylic acids is 1. The van der Waals surface area contributed by atoms with Crippen molar-refractivity contribution in [3.63, 3.8) is 0 Å². The molecule has 1 aromatic carbocycles. The summed E-state index contributed by atoms with van der Waals surface area (Å²) in [4.78, 5) is 32.2. The summed E-state index contributed by atoms with van der Waals surface area (Å²) >= 11 is 0. The maximum Gasteiger partial charge on any atom is 0.261 e. The summed E-state index contributed by atoms with van der Waals surface area (Å²) in [6, 6.07) is 11.4. The first-order valence-electron chi connectivity index (χ1n) is 9.34. The second-order valence-electron chi connectivity index (χ2n) is 7.28. The van der Waals surface area contributed by atoms with E-state index in [0.717, 1.165) is 17.1 Å². The molecule has 1 aromatic heterocycles. The molecular weight excluding hydrogens is 342 g/mol. The van der Waals surface area contributed by atoms with Crippen LogP contribution in [0, 0.1) is 0 Å². The van der Waals surface area contributed by atoms with Gasteiger partial charge >= 0.3 is 0 Å². The number of pyridine rings is 1. The number of H-pyrrole nitrogens is 1. The summed E-state index contributed by atoms with van der Waals surface area (Å²) in [5.41, 5.74) is 1.76. The van der Waals surface area contributed by atoms with Crippen molar-refractivity contribution >= 4 is 11.6 Å². The van der Waals surface area contributed by atoms with Gasteiger partial charge < -0.3 is 19.5 Å². The third kappa shape index (κ3) is 3.84. The highest BCUT2D eigenvalue weighted by molar-refractivity contribution is 5.94. The molecule has 27 heavy (non-hydrogen) atoms. The lowest BCUT2D eigenvalue weighted by Crippen LogP contribution is -2.54. The highest BCUT2D eigenvalue weighted by Gasteiger charge is 2.30. The Morgan fingerprint density at radius 1 is 1.19 bits per heavy atom. The van der Waals surface area contributed by atoms with Gasteiger partial charge in [0.2, 0.25) is 0 Å². The van der Waals surface area contributed by atoms with E-state index in [9.17, 15) is 9.59 Å². The molecule has 144 valence electrons. The van der Waals surface area contributed by atoms with Crippen molar-refractivity contribution in [1.29, 1.82) is 0 Å². The van der Waals surface area contributed by atoms with Crippen molar-refractivity contribution in [2.45, 2.75) is 32.7 Å². The van der Waals surface area contributed by atoms with Crippen LogP contribution < -0.4 is 15.2 Å². The lowest BCUT2D eigenvalue weighted by Gasteiger charge is -2.41. The molecule has 0 radical (unpaired) electrons. The minimum atomic E-state index is -0.314. The van der Waals surface area contributed by atoms with E-state index in [0.29, 0.717) is 19.6 Å². The van der Waals surface area contributed by atoms with E-state index in [1.54, 1.807) is 18.1 Å². The summed E-state index contributed by atoms with van der Waals surface area (Å²) in [6.45, 7) is 7.96. The van der Waals surface area contributed by atoms with Gasteiger partial charge in [-0.3, -0.25) is 9.59 Å². The standard InChI is InChI=1S/C21H27N3O3/c1-14(2)17-10-9-16(20(25)22-17)21(26)24-12-11-23(13-15(24)3)18-7-5-6-8-19(18)27-4/h5-10,14-15H,11-13H2,1-4H3,(H,22,25)/t15-/m1/s1. The van der Waals surface area contributed by atoms with Crippen LogP contribution >= 0.6 is 0 Å². The molecule has 1 N–H and O–H groups in total. The van der Waals surface area contributed by atoms with E-state index in [1.165, 1.54) is 0 Å². The SMILES string of the molecule is COc1ccccc1N1CCN(C(=O)c2ccc(C(C)C)[nH]c2=O)[C@H](C)C1. The first-order chi connectivity index (χ1) is 12.9. The third-order valence-electron chi connectivity index (χ3n) is 5.10. The molecule has 0 bridgehead atoms. The van der Waals surface area contributed by atoms with Crippen molar-refractivity contribution in [3.8, 4) is 5.75 Å². The van der Waals surface area contributed by atoms with Gasteiger partial charge in [-0.05, 0) is 37.1 Å². The van der Waals surface area contributed by atoms with E-state index < -0.39 is 0 Å². The summed E-state index contributed by atoms with van der Waals surface area (Å²) in [7, 11) is 1.66. The van der Waals surface area contributed by atoms with Gasteiger partial charge in [-0.2, -0.15) is 0 Å². The van der Waals surface area contributed by atoms with Crippen molar-refractivity contribution in [2.24, 2.45) is 0 Å².